The van der Waals surface area contributed by atoms with Crippen molar-refractivity contribution in [1.82, 2.24) is 9.78 Å². The van der Waals surface area contributed by atoms with E-state index in [2.05, 4.69) is 5.10 Å². The summed E-state index contributed by atoms with van der Waals surface area (Å²) in [6.45, 7) is 0.637. The lowest BCUT2D eigenvalue weighted by atomic mass is 9.94. The van der Waals surface area contributed by atoms with E-state index >= 15 is 0 Å². The van der Waals surface area contributed by atoms with Crippen molar-refractivity contribution in [2.75, 3.05) is 0 Å². The lowest BCUT2D eigenvalue weighted by molar-refractivity contribution is -0.118. The van der Waals surface area contributed by atoms with E-state index in [1.165, 1.54) is 0 Å². The Balaban J connectivity index is 1.83. The zero-order chi connectivity index (χ0) is 16.2. The number of rotatable bonds is 6. The van der Waals surface area contributed by atoms with Crippen molar-refractivity contribution >= 4 is 11.7 Å². The van der Waals surface area contributed by atoms with Gasteiger partial charge in [-0.3, -0.25) is 14.3 Å². The molecule has 0 fully saturated rings. The van der Waals surface area contributed by atoms with Crippen LogP contribution in [0, 0.1) is 0 Å². The topological polar surface area (TPSA) is 87.2 Å². The van der Waals surface area contributed by atoms with Crippen LogP contribution in [0.15, 0.2) is 30.3 Å². The first kappa shape index (κ1) is 15.3. The van der Waals surface area contributed by atoms with Crippen LogP contribution in [0.1, 0.15) is 41.0 Å². The van der Waals surface area contributed by atoms with E-state index in [1.54, 1.807) is 4.68 Å². The molecule has 1 aliphatic rings. The number of hydrogen-bond acceptors (Lipinski definition) is 4. The minimum Gasteiger partial charge on any atom is -0.487 e. The number of carbonyl (C=O) groups is 2. The van der Waals surface area contributed by atoms with E-state index in [4.69, 9.17) is 10.5 Å². The molecule has 0 saturated carbocycles. The fourth-order valence-electron chi connectivity index (χ4n) is 2.84. The molecule has 0 aliphatic heterocycles. The highest BCUT2D eigenvalue weighted by molar-refractivity contribution is 5.99. The van der Waals surface area contributed by atoms with Gasteiger partial charge in [-0.15, -0.1) is 0 Å². The van der Waals surface area contributed by atoms with Gasteiger partial charge in [-0.1, -0.05) is 18.2 Å². The first-order chi connectivity index (χ1) is 11.1. The maximum Gasteiger partial charge on any atom is 0.219 e. The summed E-state index contributed by atoms with van der Waals surface area (Å²) in [6, 6.07) is 9.41. The highest BCUT2D eigenvalue weighted by atomic mass is 16.5. The Morgan fingerprint density at radius 1 is 1.26 bits per heavy atom. The van der Waals surface area contributed by atoms with E-state index in [0.717, 1.165) is 24.3 Å². The van der Waals surface area contributed by atoms with Crippen LogP contribution in [-0.2, 0) is 24.4 Å². The Kier molecular flexibility index (Phi) is 4.41. The van der Waals surface area contributed by atoms with Crippen LogP contribution in [0.2, 0.25) is 0 Å². The van der Waals surface area contributed by atoms with E-state index in [1.807, 2.05) is 30.3 Å². The standard InChI is InChI=1S/C17H19N3O3/c18-16(22)9-10-20-14-7-4-8-15(21)17(14)13(19-20)11-23-12-5-2-1-3-6-12/h1-3,5-6H,4,7-11H2,(H2,18,22). The molecule has 1 amide bonds. The number of para-hydroxylation sites is 1. The van der Waals surface area contributed by atoms with Gasteiger partial charge in [-0.25, -0.2) is 0 Å². The summed E-state index contributed by atoms with van der Waals surface area (Å²) >= 11 is 0. The molecule has 0 saturated heterocycles. The van der Waals surface area contributed by atoms with E-state index in [-0.39, 0.29) is 24.7 Å². The number of ketones is 1. The van der Waals surface area contributed by atoms with Gasteiger partial charge in [-0.05, 0) is 25.0 Å². The van der Waals surface area contributed by atoms with Gasteiger partial charge in [0.25, 0.3) is 0 Å². The van der Waals surface area contributed by atoms with Gasteiger partial charge in [0.05, 0.1) is 5.56 Å². The maximum absolute atomic E-state index is 12.3. The predicted molar refractivity (Wildman–Crippen MR) is 84.1 cm³/mol. The molecule has 120 valence electrons. The second-order valence-corrected chi connectivity index (χ2v) is 5.59. The molecule has 0 unspecified atom stereocenters. The number of aryl methyl sites for hydroxylation is 1. The van der Waals surface area contributed by atoms with E-state index in [0.29, 0.717) is 24.2 Å². The van der Waals surface area contributed by atoms with E-state index < -0.39 is 0 Å². The fourth-order valence-corrected chi connectivity index (χ4v) is 2.84. The average molecular weight is 313 g/mol. The van der Waals surface area contributed by atoms with Crippen molar-refractivity contribution in [3.05, 3.63) is 47.3 Å². The van der Waals surface area contributed by atoms with Crippen molar-refractivity contribution in [3.8, 4) is 5.75 Å². The number of carbonyl (C=O) groups excluding carboxylic acids is 2. The number of nitrogens with two attached hydrogens (primary N) is 1. The molecule has 3 rings (SSSR count). The zero-order valence-electron chi connectivity index (χ0n) is 12.8. The average Bonchev–Trinajstić information content (AvgIpc) is 2.91. The van der Waals surface area contributed by atoms with Gasteiger partial charge < -0.3 is 10.5 Å². The molecule has 1 aromatic carbocycles. The quantitative estimate of drug-likeness (QED) is 0.881. The van der Waals surface area contributed by atoms with Gasteiger partial charge in [0, 0.05) is 25.1 Å². The van der Waals surface area contributed by atoms with Crippen LogP contribution in [0.5, 0.6) is 5.75 Å². The Morgan fingerprint density at radius 3 is 2.78 bits per heavy atom. The third kappa shape index (κ3) is 3.41. The van der Waals surface area contributed by atoms with Crippen LogP contribution in [0.4, 0.5) is 0 Å². The SMILES string of the molecule is NC(=O)CCn1nc(COc2ccccc2)c2c1CCCC2=O. The molecule has 6 nitrogen and oxygen atoms in total. The van der Waals surface area contributed by atoms with Gasteiger partial charge in [0.1, 0.15) is 18.1 Å². The highest BCUT2D eigenvalue weighted by Gasteiger charge is 2.27. The molecular weight excluding hydrogens is 294 g/mol. The monoisotopic (exact) mass is 313 g/mol. The van der Waals surface area contributed by atoms with Crippen molar-refractivity contribution in [2.45, 2.75) is 38.8 Å². The number of ether oxygens (including phenoxy) is 1. The minimum absolute atomic E-state index is 0.100. The second-order valence-electron chi connectivity index (χ2n) is 5.59. The molecule has 0 radical (unpaired) electrons. The Labute approximate surface area is 134 Å². The van der Waals surface area contributed by atoms with Crippen LogP contribution >= 0.6 is 0 Å². The third-order valence-corrected chi connectivity index (χ3v) is 3.92. The van der Waals surface area contributed by atoms with Crippen molar-refractivity contribution in [2.24, 2.45) is 5.73 Å². The Hall–Kier alpha value is -2.63. The summed E-state index contributed by atoms with van der Waals surface area (Å²) in [6.07, 6.45) is 2.35. The van der Waals surface area contributed by atoms with Crippen molar-refractivity contribution < 1.29 is 14.3 Å². The van der Waals surface area contributed by atoms with Crippen LogP contribution in [-0.4, -0.2) is 21.5 Å². The number of aromatic nitrogens is 2. The number of fused-ring (bicyclic) bond motifs is 1. The molecule has 1 aliphatic carbocycles. The first-order valence-corrected chi connectivity index (χ1v) is 7.73. The lowest BCUT2D eigenvalue weighted by Crippen LogP contribution is -2.18. The number of hydrogen-bond donors (Lipinski definition) is 1. The molecular formula is C17H19N3O3. The Morgan fingerprint density at radius 2 is 2.04 bits per heavy atom. The molecule has 1 aromatic heterocycles. The zero-order valence-corrected chi connectivity index (χ0v) is 12.8. The number of nitrogens with zero attached hydrogens (tertiary/aromatic N) is 2. The van der Waals surface area contributed by atoms with Crippen molar-refractivity contribution in [3.63, 3.8) is 0 Å². The summed E-state index contributed by atoms with van der Waals surface area (Å²) in [7, 11) is 0. The van der Waals surface area contributed by atoms with Gasteiger partial charge in [-0.2, -0.15) is 5.10 Å². The molecule has 0 bridgehead atoms. The number of amides is 1. The van der Waals surface area contributed by atoms with Crippen LogP contribution in [0.25, 0.3) is 0 Å². The molecule has 1 heterocycles. The van der Waals surface area contributed by atoms with Crippen LogP contribution < -0.4 is 10.5 Å². The molecule has 2 N–H and O–H groups in total. The molecule has 6 heteroatoms. The fraction of sp³-hybridized carbons (Fsp3) is 0.353. The van der Waals surface area contributed by atoms with Crippen LogP contribution in [0.3, 0.4) is 0 Å². The Bertz CT molecular complexity index is 722. The lowest BCUT2D eigenvalue weighted by Gasteiger charge is -2.13. The summed E-state index contributed by atoms with van der Waals surface area (Å²) in [5.74, 6) is 0.456. The highest BCUT2D eigenvalue weighted by Crippen LogP contribution is 2.26. The summed E-state index contributed by atoms with van der Waals surface area (Å²) in [4.78, 5) is 23.3. The van der Waals surface area contributed by atoms with Gasteiger partial charge in [0.2, 0.25) is 5.91 Å². The smallest absolute Gasteiger partial charge is 0.219 e. The van der Waals surface area contributed by atoms with Crippen molar-refractivity contribution in [1.29, 1.82) is 0 Å². The number of primary amides is 1. The summed E-state index contributed by atoms with van der Waals surface area (Å²) < 4.78 is 7.46. The maximum atomic E-state index is 12.3. The largest absolute Gasteiger partial charge is 0.487 e. The van der Waals surface area contributed by atoms with Gasteiger partial charge in [0.15, 0.2) is 5.78 Å². The molecule has 23 heavy (non-hydrogen) atoms. The van der Waals surface area contributed by atoms with E-state index in [9.17, 15) is 9.59 Å². The summed E-state index contributed by atoms with van der Waals surface area (Å²) in [5, 5.41) is 4.49. The normalized spacial score (nSPS) is 13.7. The number of Topliss-reactive ketones (excluding diaryl/α,β-unsaturated/α-hetero) is 1. The molecule has 2 aromatic rings. The second kappa shape index (κ2) is 6.64. The van der Waals surface area contributed by atoms with Gasteiger partial charge >= 0.3 is 0 Å². The third-order valence-electron chi connectivity index (χ3n) is 3.92. The molecule has 0 spiro atoms. The minimum atomic E-state index is -0.376. The summed E-state index contributed by atoms with van der Waals surface area (Å²) in [5.41, 5.74) is 7.41. The predicted octanol–water partition coefficient (Wildman–Crippen LogP) is 1.86. The molecule has 0 atom stereocenters. The first-order valence-electron chi connectivity index (χ1n) is 7.73. The number of benzene rings is 1.